The average Bonchev–Trinajstić information content (AvgIpc) is 3.49. The van der Waals surface area contributed by atoms with E-state index in [4.69, 9.17) is 11.2 Å². The first-order valence-corrected chi connectivity index (χ1v) is 14.4. The Morgan fingerprint density at radius 2 is 1.61 bits per heavy atom. The van der Waals surface area contributed by atoms with E-state index >= 15 is 0 Å². The molecule has 0 unspecified atom stereocenters. The van der Waals surface area contributed by atoms with Gasteiger partial charge in [0.15, 0.2) is 0 Å². The Bertz CT molecular complexity index is 2180. The van der Waals surface area contributed by atoms with Gasteiger partial charge in [-0.25, -0.2) is 4.98 Å². The van der Waals surface area contributed by atoms with Crippen molar-refractivity contribution in [1.82, 2.24) is 19.3 Å². The van der Waals surface area contributed by atoms with Crippen molar-refractivity contribution in [3.63, 3.8) is 0 Å². The maximum Gasteiger partial charge on any atom is 2.00 e. The summed E-state index contributed by atoms with van der Waals surface area (Å²) in [5, 5.41) is 7.00. The van der Waals surface area contributed by atoms with Gasteiger partial charge < -0.3 is 9.30 Å². The van der Waals surface area contributed by atoms with E-state index in [0.29, 0.717) is 23.4 Å². The van der Waals surface area contributed by atoms with Crippen molar-refractivity contribution in [1.29, 1.82) is 0 Å². The van der Waals surface area contributed by atoms with Crippen molar-refractivity contribution >= 4 is 21.8 Å². The van der Waals surface area contributed by atoms with Gasteiger partial charge in [0.1, 0.15) is 5.82 Å². The van der Waals surface area contributed by atoms with Gasteiger partial charge >= 0.3 is 21.1 Å². The maximum atomic E-state index is 8.23. The van der Waals surface area contributed by atoms with Crippen LogP contribution in [0.1, 0.15) is 39.1 Å². The molecule has 0 spiro atoms. The number of nitrogens with zero attached hydrogens (tertiary/aromatic N) is 4. The molecule has 0 saturated carbocycles. The number of fused-ring (bicyclic) bond motifs is 3. The van der Waals surface area contributed by atoms with Crippen LogP contribution in [0.25, 0.3) is 44.4 Å². The molecule has 0 fully saturated rings. The van der Waals surface area contributed by atoms with E-state index < -0.39 is 0 Å². The van der Waals surface area contributed by atoms with Gasteiger partial charge in [-0.15, -0.1) is 35.7 Å². The first-order valence-electron chi connectivity index (χ1n) is 14.9. The van der Waals surface area contributed by atoms with Gasteiger partial charge in [-0.05, 0) is 59.7 Å². The van der Waals surface area contributed by atoms with Crippen LogP contribution < -0.4 is 4.74 Å². The van der Waals surface area contributed by atoms with Crippen molar-refractivity contribution in [3.05, 3.63) is 132 Å². The number of benzene rings is 4. The van der Waals surface area contributed by atoms with Gasteiger partial charge in [-0.2, -0.15) is 17.2 Å². The molecular formula is C38H32N4OPt. The van der Waals surface area contributed by atoms with Gasteiger partial charge in [0.2, 0.25) is 0 Å². The van der Waals surface area contributed by atoms with E-state index in [2.05, 4.69) is 85.8 Å². The van der Waals surface area contributed by atoms with Crippen LogP contribution in [0.2, 0.25) is 0 Å². The Balaban J connectivity index is 0.00000357. The van der Waals surface area contributed by atoms with Crippen LogP contribution in [-0.2, 0) is 26.5 Å². The van der Waals surface area contributed by atoms with Crippen LogP contribution in [0.3, 0.4) is 0 Å². The predicted octanol–water partition coefficient (Wildman–Crippen LogP) is 9.34. The molecule has 0 aliphatic carbocycles. The summed E-state index contributed by atoms with van der Waals surface area (Å²) in [5.74, 6) is 1.80. The molecule has 0 bridgehead atoms. The second kappa shape index (κ2) is 11.6. The summed E-state index contributed by atoms with van der Waals surface area (Å²) in [6.45, 7) is 10.8. The summed E-state index contributed by atoms with van der Waals surface area (Å²) < 4.78 is 18.6. The summed E-state index contributed by atoms with van der Waals surface area (Å²) in [4.78, 5) is 4.62. The molecule has 5 nitrogen and oxygen atoms in total. The summed E-state index contributed by atoms with van der Waals surface area (Å²) in [5.41, 5.74) is 8.15. The van der Waals surface area contributed by atoms with E-state index in [9.17, 15) is 0 Å². The fourth-order valence-corrected chi connectivity index (χ4v) is 5.77. The Morgan fingerprint density at radius 1 is 0.818 bits per heavy atom. The van der Waals surface area contributed by atoms with Gasteiger partial charge in [0, 0.05) is 34.5 Å². The van der Waals surface area contributed by atoms with Gasteiger partial charge in [0.05, 0.1) is 7.06 Å². The predicted molar refractivity (Wildman–Crippen MR) is 173 cm³/mol. The Kier molecular flexibility index (Phi) is 7.43. The second-order valence-corrected chi connectivity index (χ2v) is 11.8. The van der Waals surface area contributed by atoms with E-state index in [1.165, 1.54) is 5.56 Å². The number of aromatic nitrogens is 4. The van der Waals surface area contributed by atoms with Crippen LogP contribution >= 0.6 is 0 Å². The van der Waals surface area contributed by atoms with E-state index in [1.807, 2.05) is 54.1 Å². The van der Waals surface area contributed by atoms with E-state index in [-0.39, 0.29) is 26.5 Å². The van der Waals surface area contributed by atoms with Crippen LogP contribution in [0.5, 0.6) is 11.5 Å². The Hall–Kier alpha value is -4.47. The van der Waals surface area contributed by atoms with Crippen molar-refractivity contribution in [2.75, 3.05) is 0 Å². The van der Waals surface area contributed by atoms with Gasteiger partial charge in [-0.3, -0.25) is 4.68 Å². The molecule has 0 atom stereocenters. The molecule has 220 valence electrons. The van der Waals surface area contributed by atoms with Crippen LogP contribution in [0.15, 0.2) is 103 Å². The molecule has 4 aromatic carbocycles. The zero-order valence-electron chi connectivity index (χ0n) is 26.3. The van der Waals surface area contributed by atoms with Crippen LogP contribution in [0.4, 0.5) is 0 Å². The molecule has 6 heteroatoms. The number of rotatable bonds is 5. The van der Waals surface area contributed by atoms with Gasteiger partial charge in [-0.1, -0.05) is 74.8 Å². The van der Waals surface area contributed by atoms with Crippen molar-refractivity contribution in [2.45, 2.75) is 40.0 Å². The third-order valence-corrected chi connectivity index (χ3v) is 7.89. The summed E-state index contributed by atoms with van der Waals surface area (Å²) in [6.07, 6.45) is 1.67. The summed E-state index contributed by atoms with van der Waals surface area (Å²) >= 11 is 0. The van der Waals surface area contributed by atoms with Crippen molar-refractivity contribution in [2.24, 2.45) is 0 Å². The first-order chi connectivity index (χ1) is 21.2. The summed E-state index contributed by atoms with van der Waals surface area (Å²) in [7, 11) is 0. The molecule has 0 aliphatic rings. The molecule has 0 aliphatic heterocycles. The van der Waals surface area contributed by atoms with Crippen LogP contribution in [0, 0.1) is 26.0 Å². The number of aryl methyl sites for hydroxylation is 1. The smallest absolute Gasteiger partial charge is 0.509 e. The van der Waals surface area contributed by atoms with Crippen molar-refractivity contribution < 1.29 is 27.2 Å². The number of hydrogen-bond acceptors (Lipinski definition) is 3. The average molecular weight is 757 g/mol. The minimum atomic E-state index is 0. The Labute approximate surface area is 273 Å². The fraction of sp³-hybridized carbons (Fsp3) is 0.158. The monoisotopic (exact) mass is 756 g/mol. The van der Waals surface area contributed by atoms with E-state index in [0.717, 1.165) is 50.0 Å². The number of hydrogen-bond donors (Lipinski definition) is 0. The minimum absolute atomic E-state index is 0. The molecule has 0 amide bonds. The molecule has 0 saturated heterocycles. The van der Waals surface area contributed by atoms with Gasteiger partial charge in [0.25, 0.3) is 0 Å². The minimum Gasteiger partial charge on any atom is -0.509 e. The molecule has 44 heavy (non-hydrogen) atoms. The third kappa shape index (κ3) is 5.26. The molecule has 0 radical (unpaired) electrons. The number of ether oxygens (including phenoxy) is 1. The molecule has 3 heterocycles. The quantitative estimate of drug-likeness (QED) is 0.165. The first kappa shape index (κ1) is 28.3. The maximum absolute atomic E-state index is 8.23. The fourth-order valence-electron chi connectivity index (χ4n) is 5.77. The molecule has 0 N–H and O–H groups in total. The van der Waals surface area contributed by atoms with E-state index in [1.54, 1.807) is 18.3 Å². The summed E-state index contributed by atoms with van der Waals surface area (Å²) in [6, 6.07) is 37.5. The molecule has 7 aromatic rings. The Morgan fingerprint density at radius 3 is 2.39 bits per heavy atom. The van der Waals surface area contributed by atoms with Crippen molar-refractivity contribution in [3.8, 4) is 34.1 Å². The molecule has 3 aromatic heterocycles. The SMILES string of the molecule is [2H]c1ccnc(-n2c3[c-]c(Oc4[c-]c(-n5nc(C)c(-c6ccccc6)c5C)ccc4)ccc3c3cc(C(C)(C)C)ccc32)c1.[Pt+2]. The zero-order valence-corrected chi connectivity index (χ0v) is 27.5. The topological polar surface area (TPSA) is 44.9 Å². The molecule has 7 rings (SSSR count). The standard InChI is InChI=1S/C38H32N4O.Pt/c1-25-37(27-12-7-6-8-13-27)26(2)42(40-25)29-14-11-15-30(23-29)43-31-18-19-32-33-22-28(38(3,4)5)17-20-34(33)41(35(32)24-31)36-16-9-10-21-39-36;/h6-22H,1-5H3;/q-2;+2/i9D;. The third-order valence-electron chi connectivity index (χ3n) is 7.89. The number of pyridine rings is 1. The normalized spacial score (nSPS) is 11.9. The molecular weight excluding hydrogens is 724 g/mol. The van der Waals surface area contributed by atoms with Crippen LogP contribution in [-0.4, -0.2) is 19.3 Å². The zero-order chi connectivity index (χ0) is 30.6. The second-order valence-electron chi connectivity index (χ2n) is 11.8. The largest absolute Gasteiger partial charge is 2.00 e.